The number of carbonyl (C=O) groups excluding carboxylic acids is 1. The quantitative estimate of drug-likeness (QED) is 0.608. The van der Waals surface area contributed by atoms with Crippen molar-refractivity contribution in [2.75, 3.05) is 5.32 Å². The smallest absolute Gasteiger partial charge is 0.279 e. The maximum Gasteiger partial charge on any atom is 0.279 e. The van der Waals surface area contributed by atoms with Gasteiger partial charge in [-0.2, -0.15) is 4.98 Å². The number of hydrogen-bond donors (Lipinski definition) is 2. The third-order valence-corrected chi connectivity index (χ3v) is 5.52. The second-order valence-electron chi connectivity index (χ2n) is 5.41. The summed E-state index contributed by atoms with van der Waals surface area (Å²) in [6.07, 6.45) is 0. The summed E-state index contributed by atoms with van der Waals surface area (Å²) in [6, 6.07) is 10.3. The van der Waals surface area contributed by atoms with Gasteiger partial charge in [0.1, 0.15) is 4.88 Å². The molecule has 5 nitrogen and oxygen atoms in total. The van der Waals surface area contributed by atoms with Crippen LogP contribution in [0.5, 0.6) is 5.88 Å². The third-order valence-electron chi connectivity index (χ3n) is 3.61. The van der Waals surface area contributed by atoms with Gasteiger partial charge in [0, 0.05) is 25.4 Å². The SMILES string of the molecule is O=C1N=c2ccc(Br)cc2=C1c1sc(Nc2cc(Cl)cc(Cl)c2)nc1O. The lowest BCUT2D eigenvalue weighted by Gasteiger charge is -2.03. The maximum atomic E-state index is 12.3. The summed E-state index contributed by atoms with van der Waals surface area (Å²) in [5.41, 5.74) is 0.951. The number of aromatic nitrogens is 1. The molecule has 0 unspecified atom stereocenters. The van der Waals surface area contributed by atoms with Gasteiger partial charge in [0.2, 0.25) is 5.88 Å². The molecule has 2 N–H and O–H groups in total. The summed E-state index contributed by atoms with van der Waals surface area (Å²) in [5.74, 6) is -0.647. The fraction of sp³-hybridized carbons (Fsp3) is 0. The van der Waals surface area contributed by atoms with E-state index >= 15 is 0 Å². The third kappa shape index (κ3) is 3.23. The van der Waals surface area contributed by atoms with Gasteiger partial charge in [0.15, 0.2) is 5.13 Å². The summed E-state index contributed by atoms with van der Waals surface area (Å²) in [6.45, 7) is 0. The molecule has 1 aliphatic rings. The van der Waals surface area contributed by atoms with Crippen LogP contribution in [0, 0.1) is 0 Å². The predicted molar refractivity (Wildman–Crippen MR) is 106 cm³/mol. The van der Waals surface area contributed by atoms with E-state index in [0.717, 1.165) is 15.8 Å². The van der Waals surface area contributed by atoms with Crippen LogP contribution in [0.15, 0.2) is 45.9 Å². The van der Waals surface area contributed by atoms with Crippen molar-refractivity contribution in [3.63, 3.8) is 0 Å². The molecule has 0 bridgehead atoms. The summed E-state index contributed by atoms with van der Waals surface area (Å²) < 4.78 is 0.814. The van der Waals surface area contributed by atoms with Gasteiger partial charge < -0.3 is 10.4 Å². The van der Waals surface area contributed by atoms with Crippen molar-refractivity contribution in [3.05, 3.63) is 66.4 Å². The Morgan fingerprint density at radius 2 is 1.85 bits per heavy atom. The van der Waals surface area contributed by atoms with Crippen molar-refractivity contribution >= 4 is 72.8 Å². The Kier molecular flexibility index (Phi) is 4.48. The number of nitrogens with zero attached hydrogens (tertiary/aromatic N) is 2. The van der Waals surface area contributed by atoms with E-state index in [1.807, 2.05) is 0 Å². The molecule has 4 rings (SSSR count). The number of rotatable bonds is 3. The first-order valence-corrected chi connectivity index (χ1v) is 9.63. The number of halogens is 3. The number of amides is 1. The first-order chi connectivity index (χ1) is 12.4. The van der Waals surface area contributed by atoms with Crippen molar-refractivity contribution in [2.45, 2.75) is 0 Å². The number of aromatic hydroxyl groups is 1. The Morgan fingerprint density at radius 1 is 1.12 bits per heavy atom. The molecule has 2 heterocycles. The molecular formula is C17H8BrCl2N3O2S. The Hall–Kier alpha value is -1.93. The molecule has 0 saturated heterocycles. The highest BCUT2D eigenvalue weighted by Gasteiger charge is 2.25. The zero-order chi connectivity index (χ0) is 18.4. The van der Waals surface area contributed by atoms with Crippen molar-refractivity contribution in [2.24, 2.45) is 4.99 Å². The van der Waals surface area contributed by atoms with Crippen LogP contribution in [0.4, 0.5) is 10.8 Å². The van der Waals surface area contributed by atoms with Crippen molar-refractivity contribution in [1.82, 2.24) is 4.98 Å². The molecular weight excluding hydrogens is 461 g/mol. The van der Waals surface area contributed by atoms with Gasteiger partial charge in [-0.1, -0.05) is 50.5 Å². The molecule has 130 valence electrons. The molecule has 1 aromatic heterocycles. The van der Waals surface area contributed by atoms with Crippen LogP contribution in [-0.2, 0) is 4.79 Å². The number of fused-ring (bicyclic) bond motifs is 1. The molecule has 1 amide bonds. The van der Waals surface area contributed by atoms with Crippen molar-refractivity contribution in [1.29, 1.82) is 0 Å². The van der Waals surface area contributed by atoms with Gasteiger partial charge >= 0.3 is 0 Å². The van der Waals surface area contributed by atoms with E-state index in [4.69, 9.17) is 23.2 Å². The first kappa shape index (κ1) is 17.5. The van der Waals surface area contributed by atoms with Crippen LogP contribution in [0.1, 0.15) is 4.88 Å². The first-order valence-electron chi connectivity index (χ1n) is 7.27. The van der Waals surface area contributed by atoms with Crippen LogP contribution in [0.2, 0.25) is 10.0 Å². The van der Waals surface area contributed by atoms with Gasteiger partial charge in [-0.25, -0.2) is 4.99 Å². The van der Waals surface area contributed by atoms with Gasteiger partial charge in [0.25, 0.3) is 5.91 Å². The lowest BCUT2D eigenvalue weighted by atomic mass is 10.1. The predicted octanol–water partition coefficient (Wildman–Crippen LogP) is 4.02. The van der Waals surface area contributed by atoms with Gasteiger partial charge in [-0.15, -0.1) is 0 Å². The van der Waals surface area contributed by atoms with E-state index in [2.05, 4.69) is 31.2 Å². The van der Waals surface area contributed by atoms with Crippen LogP contribution < -0.4 is 15.9 Å². The molecule has 2 aromatic carbocycles. The van der Waals surface area contributed by atoms with Crippen molar-refractivity contribution < 1.29 is 9.90 Å². The van der Waals surface area contributed by atoms with Crippen LogP contribution in [-0.4, -0.2) is 16.0 Å². The normalized spacial score (nSPS) is 12.9. The molecule has 26 heavy (non-hydrogen) atoms. The van der Waals surface area contributed by atoms with Crippen LogP contribution in [0.25, 0.3) is 5.57 Å². The van der Waals surface area contributed by atoms with Crippen LogP contribution in [0.3, 0.4) is 0 Å². The molecule has 0 radical (unpaired) electrons. The fourth-order valence-electron chi connectivity index (χ4n) is 2.58. The largest absolute Gasteiger partial charge is 0.492 e. The van der Waals surface area contributed by atoms with Gasteiger partial charge in [-0.05, 0) is 36.4 Å². The minimum Gasteiger partial charge on any atom is -0.492 e. The molecule has 0 saturated carbocycles. The van der Waals surface area contributed by atoms with E-state index in [-0.39, 0.29) is 5.88 Å². The highest BCUT2D eigenvalue weighted by atomic mass is 79.9. The lowest BCUT2D eigenvalue weighted by Crippen LogP contribution is -2.22. The van der Waals surface area contributed by atoms with E-state index < -0.39 is 5.91 Å². The summed E-state index contributed by atoms with van der Waals surface area (Å²) in [7, 11) is 0. The summed E-state index contributed by atoms with van der Waals surface area (Å²) in [4.78, 5) is 20.8. The molecule has 9 heteroatoms. The van der Waals surface area contributed by atoms with Crippen molar-refractivity contribution in [3.8, 4) is 5.88 Å². The number of hydrogen-bond acceptors (Lipinski definition) is 5. The Balaban J connectivity index is 1.79. The lowest BCUT2D eigenvalue weighted by molar-refractivity contribution is -0.112. The van der Waals surface area contributed by atoms with E-state index in [0.29, 0.717) is 41.9 Å². The number of benzene rings is 2. The minimum atomic E-state index is -0.408. The maximum absolute atomic E-state index is 12.3. The molecule has 3 aromatic rings. The van der Waals surface area contributed by atoms with Gasteiger partial charge in [-0.3, -0.25) is 4.79 Å². The average molecular weight is 469 g/mol. The van der Waals surface area contributed by atoms with E-state index in [1.165, 1.54) is 0 Å². The highest BCUT2D eigenvalue weighted by Crippen LogP contribution is 2.36. The topological polar surface area (TPSA) is 74.6 Å². The van der Waals surface area contributed by atoms with Crippen LogP contribution >= 0.6 is 50.5 Å². The number of anilines is 2. The highest BCUT2D eigenvalue weighted by molar-refractivity contribution is 9.10. The summed E-state index contributed by atoms with van der Waals surface area (Å²) >= 11 is 16.5. The zero-order valence-corrected chi connectivity index (χ0v) is 16.7. The molecule has 0 fully saturated rings. The Labute approximate surface area is 169 Å². The zero-order valence-electron chi connectivity index (χ0n) is 12.8. The molecule has 0 spiro atoms. The second kappa shape index (κ2) is 6.66. The summed E-state index contributed by atoms with van der Waals surface area (Å²) in [5, 5.41) is 15.9. The standard InChI is InChI=1S/C17H8BrCl2N3O2S/c18-7-1-2-12-11(3-7)13(15(24)22-12)14-16(25)23-17(26-14)21-10-5-8(19)4-9(20)6-10/h1-6,25H,(H,21,23). The van der Waals surface area contributed by atoms with Gasteiger partial charge in [0.05, 0.1) is 10.9 Å². The van der Waals surface area contributed by atoms with E-state index in [9.17, 15) is 9.90 Å². The van der Waals surface area contributed by atoms with E-state index in [1.54, 1.807) is 36.4 Å². The monoisotopic (exact) mass is 467 g/mol. The Bertz CT molecular complexity index is 1170. The molecule has 0 atom stereocenters. The number of nitrogens with one attached hydrogen (secondary N) is 1. The Morgan fingerprint density at radius 3 is 2.58 bits per heavy atom. The second-order valence-corrected chi connectivity index (χ2v) is 8.20. The molecule has 1 aliphatic heterocycles. The average Bonchev–Trinajstić information content (AvgIpc) is 3.04. The number of carbonyl (C=O) groups is 1. The molecule has 0 aliphatic carbocycles. The number of thiazole rings is 1. The minimum absolute atomic E-state index is 0.239. The fourth-order valence-corrected chi connectivity index (χ4v) is 4.40.